The summed E-state index contributed by atoms with van der Waals surface area (Å²) in [4.78, 5) is 31.2. The fourth-order valence-electron chi connectivity index (χ4n) is 4.10. The molecule has 0 atom stereocenters. The number of amides is 3. The van der Waals surface area contributed by atoms with Crippen LogP contribution in [0.4, 0.5) is 4.79 Å². The van der Waals surface area contributed by atoms with Crippen molar-refractivity contribution >= 4 is 23.3 Å². The highest BCUT2D eigenvalue weighted by atomic mass is 32.1. The van der Waals surface area contributed by atoms with E-state index in [2.05, 4.69) is 23.7 Å². The lowest BCUT2D eigenvalue weighted by atomic mass is 9.84. The third-order valence-corrected chi connectivity index (χ3v) is 6.72. The van der Waals surface area contributed by atoms with Crippen LogP contribution in [0.1, 0.15) is 21.6 Å². The molecule has 2 heterocycles. The quantitative estimate of drug-likeness (QED) is 0.541. The Morgan fingerprint density at radius 3 is 2.03 bits per heavy atom. The van der Waals surface area contributed by atoms with E-state index in [0.29, 0.717) is 19.4 Å². The zero-order chi connectivity index (χ0) is 21.8. The normalized spacial score (nSPS) is 15.5. The van der Waals surface area contributed by atoms with Crippen molar-refractivity contribution in [2.45, 2.75) is 31.8 Å². The van der Waals surface area contributed by atoms with Crippen LogP contribution < -0.4 is 5.32 Å². The molecule has 31 heavy (non-hydrogen) atoms. The molecule has 1 aliphatic heterocycles. The van der Waals surface area contributed by atoms with E-state index in [1.54, 1.807) is 11.3 Å². The van der Waals surface area contributed by atoms with Gasteiger partial charge in [0.15, 0.2) is 0 Å². The molecule has 160 valence electrons. The highest BCUT2D eigenvalue weighted by Crippen LogP contribution is 2.28. The molecule has 1 fully saturated rings. The lowest BCUT2D eigenvalue weighted by molar-refractivity contribution is -0.132. The van der Waals surface area contributed by atoms with Crippen molar-refractivity contribution in [3.63, 3.8) is 0 Å². The van der Waals surface area contributed by atoms with Gasteiger partial charge in [0, 0.05) is 24.3 Å². The van der Waals surface area contributed by atoms with Gasteiger partial charge in [-0.2, -0.15) is 0 Å². The largest absolute Gasteiger partial charge is 0.326 e. The first-order valence-electron chi connectivity index (χ1n) is 10.4. The minimum absolute atomic E-state index is 0.167. The maximum atomic E-state index is 13.7. The number of imide groups is 1. The Balaban J connectivity index is 1.57. The van der Waals surface area contributed by atoms with Crippen LogP contribution in [-0.2, 0) is 24.2 Å². The van der Waals surface area contributed by atoms with Crippen molar-refractivity contribution in [1.29, 1.82) is 0 Å². The molecule has 5 nitrogen and oxygen atoms in total. The van der Waals surface area contributed by atoms with Crippen molar-refractivity contribution in [2.75, 3.05) is 13.7 Å². The zero-order valence-electron chi connectivity index (χ0n) is 17.9. The maximum Gasteiger partial charge on any atom is 0.326 e. The minimum Gasteiger partial charge on any atom is -0.322 e. The van der Waals surface area contributed by atoms with Gasteiger partial charge < -0.3 is 5.32 Å². The number of carbonyl (C=O) groups is 2. The van der Waals surface area contributed by atoms with E-state index in [9.17, 15) is 9.59 Å². The molecule has 1 aromatic heterocycles. The van der Waals surface area contributed by atoms with Gasteiger partial charge in [0.2, 0.25) is 0 Å². The number of urea groups is 1. The number of hydrogen-bond acceptors (Lipinski definition) is 4. The molecule has 0 aliphatic carbocycles. The molecule has 6 heteroatoms. The van der Waals surface area contributed by atoms with Gasteiger partial charge >= 0.3 is 6.03 Å². The number of thiophene rings is 1. The van der Waals surface area contributed by atoms with Crippen molar-refractivity contribution in [3.05, 3.63) is 93.7 Å². The fourth-order valence-corrected chi connectivity index (χ4v) is 5.08. The summed E-state index contributed by atoms with van der Waals surface area (Å²) >= 11 is 1.70. The van der Waals surface area contributed by atoms with Crippen LogP contribution >= 0.6 is 11.3 Å². The summed E-state index contributed by atoms with van der Waals surface area (Å²) in [5.41, 5.74) is 2.30. The van der Waals surface area contributed by atoms with Gasteiger partial charge in [0.25, 0.3) is 5.91 Å². The molecule has 0 saturated carbocycles. The zero-order valence-corrected chi connectivity index (χ0v) is 18.7. The molecular weight excluding hydrogens is 406 g/mol. The van der Waals surface area contributed by atoms with E-state index >= 15 is 0 Å². The molecule has 1 saturated heterocycles. The molecule has 1 aliphatic rings. The molecule has 3 aromatic rings. The molecule has 0 radical (unpaired) electrons. The summed E-state index contributed by atoms with van der Waals surface area (Å²) in [5.74, 6) is -0.167. The van der Waals surface area contributed by atoms with E-state index in [1.165, 1.54) is 15.3 Å². The van der Waals surface area contributed by atoms with Gasteiger partial charge in [-0.3, -0.25) is 9.69 Å². The Kier molecular flexibility index (Phi) is 6.20. The fraction of sp³-hybridized carbons (Fsp3) is 0.280. The Labute approximate surface area is 187 Å². The molecule has 2 aromatic carbocycles. The highest BCUT2D eigenvalue weighted by Gasteiger charge is 2.51. The summed E-state index contributed by atoms with van der Waals surface area (Å²) in [6.45, 7) is 3.04. The first-order valence-corrected chi connectivity index (χ1v) is 11.3. The molecule has 4 rings (SSSR count). The average Bonchev–Trinajstić information content (AvgIpc) is 3.25. The molecule has 3 amide bonds. The number of aryl methyl sites for hydroxylation is 1. The van der Waals surface area contributed by atoms with Crippen LogP contribution in [0.15, 0.2) is 72.1 Å². The van der Waals surface area contributed by atoms with E-state index in [-0.39, 0.29) is 18.6 Å². The number of benzene rings is 2. The van der Waals surface area contributed by atoms with Crippen LogP contribution in [0, 0.1) is 6.92 Å². The monoisotopic (exact) mass is 433 g/mol. The predicted molar refractivity (Wildman–Crippen MR) is 124 cm³/mol. The van der Waals surface area contributed by atoms with Gasteiger partial charge in [0.1, 0.15) is 5.54 Å². The smallest absolute Gasteiger partial charge is 0.322 e. The van der Waals surface area contributed by atoms with E-state index < -0.39 is 5.54 Å². The third kappa shape index (κ3) is 4.70. The maximum absolute atomic E-state index is 13.7. The van der Waals surface area contributed by atoms with E-state index in [4.69, 9.17) is 0 Å². The summed E-state index contributed by atoms with van der Waals surface area (Å²) in [5, 5.41) is 5.12. The lowest BCUT2D eigenvalue weighted by Crippen LogP contribution is -2.51. The van der Waals surface area contributed by atoms with Gasteiger partial charge in [-0.1, -0.05) is 60.7 Å². The second-order valence-electron chi connectivity index (χ2n) is 8.25. The van der Waals surface area contributed by atoms with Crippen molar-refractivity contribution in [1.82, 2.24) is 15.1 Å². The molecule has 1 N–H and O–H groups in total. The van der Waals surface area contributed by atoms with Crippen LogP contribution in [0.3, 0.4) is 0 Å². The van der Waals surface area contributed by atoms with Gasteiger partial charge in [0.05, 0.1) is 6.67 Å². The number of rotatable bonds is 8. The average molecular weight is 434 g/mol. The standard InChI is InChI=1S/C25H27N3O2S/c1-19-13-14-31-22(19)17-27(2)18-28-23(29)25(26-24(28)30,15-20-9-5-3-6-10-20)16-21-11-7-4-8-12-21/h3-14H,15-18H2,1-2H3,(H,26,30). The van der Waals surface area contributed by atoms with Crippen LogP contribution in [-0.4, -0.2) is 41.0 Å². The predicted octanol–water partition coefficient (Wildman–Crippen LogP) is 4.22. The van der Waals surface area contributed by atoms with Crippen LogP contribution in [0.5, 0.6) is 0 Å². The number of nitrogens with zero attached hydrogens (tertiary/aromatic N) is 2. The lowest BCUT2D eigenvalue weighted by Gasteiger charge is -2.28. The van der Waals surface area contributed by atoms with Crippen molar-refractivity contribution < 1.29 is 9.59 Å². The molecule has 0 unspecified atom stereocenters. The highest BCUT2D eigenvalue weighted by molar-refractivity contribution is 7.10. The topological polar surface area (TPSA) is 52.6 Å². The number of hydrogen-bond donors (Lipinski definition) is 1. The van der Waals surface area contributed by atoms with Gasteiger partial charge in [-0.05, 0) is 42.1 Å². The van der Waals surface area contributed by atoms with Crippen molar-refractivity contribution in [2.24, 2.45) is 0 Å². The van der Waals surface area contributed by atoms with Crippen molar-refractivity contribution in [3.8, 4) is 0 Å². The second-order valence-corrected chi connectivity index (χ2v) is 9.25. The summed E-state index contributed by atoms with van der Waals surface area (Å²) in [6.07, 6.45) is 0.912. The first-order chi connectivity index (χ1) is 15.0. The van der Waals surface area contributed by atoms with E-state index in [0.717, 1.165) is 11.1 Å². The van der Waals surface area contributed by atoms with Gasteiger partial charge in [-0.15, -0.1) is 11.3 Å². The molecule has 0 bridgehead atoms. The molecule has 0 spiro atoms. The van der Waals surface area contributed by atoms with E-state index in [1.807, 2.05) is 72.6 Å². The Morgan fingerprint density at radius 1 is 0.935 bits per heavy atom. The first kappa shape index (κ1) is 21.3. The summed E-state index contributed by atoms with van der Waals surface area (Å²) in [6, 6.07) is 21.5. The third-order valence-electron chi connectivity index (χ3n) is 5.71. The minimum atomic E-state index is -0.987. The SMILES string of the molecule is Cc1ccsc1CN(C)CN1C(=O)NC(Cc2ccccc2)(Cc2ccccc2)C1=O. The van der Waals surface area contributed by atoms with Crippen LogP contribution in [0.2, 0.25) is 0 Å². The number of nitrogens with one attached hydrogen (secondary N) is 1. The molecular formula is C25H27N3O2S. The second kappa shape index (κ2) is 9.04. The summed E-state index contributed by atoms with van der Waals surface area (Å²) < 4.78 is 0. The Bertz CT molecular complexity index is 1010. The van der Waals surface area contributed by atoms with Crippen LogP contribution in [0.25, 0.3) is 0 Å². The van der Waals surface area contributed by atoms with Gasteiger partial charge in [-0.25, -0.2) is 9.69 Å². The Hall–Kier alpha value is -2.96. The summed E-state index contributed by atoms with van der Waals surface area (Å²) in [7, 11) is 1.94. The number of carbonyl (C=O) groups excluding carboxylic acids is 2. The Morgan fingerprint density at radius 2 is 1.52 bits per heavy atom.